The highest BCUT2D eigenvalue weighted by Crippen LogP contribution is 2.38. The van der Waals surface area contributed by atoms with Gasteiger partial charge in [0.15, 0.2) is 0 Å². The lowest BCUT2D eigenvalue weighted by atomic mass is 9.89. The SMILES string of the molecule is CNCc1sc(C(OC)C(C)(C)C)nc1CC(C)C. The zero-order valence-corrected chi connectivity index (χ0v) is 14.1. The van der Waals surface area contributed by atoms with Crippen LogP contribution < -0.4 is 5.32 Å². The van der Waals surface area contributed by atoms with E-state index in [0.717, 1.165) is 18.0 Å². The molecule has 0 saturated heterocycles. The number of hydrogen-bond acceptors (Lipinski definition) is 4. The molecular formula is C15H28N2OS. The number of nitrogens with one attached hydrogen (secondary N) is 1. The molecule has 0 fully saturated rings. The predicted molar refractivity (Wildman–Crippen MR) is 82.6 cm³/mol. The molecule has 0 amide bonds. The van der Waals surface area contributed by atoms with Gasteiger partial charge in [0.25, 0.3) is 0 Å². The molecule has 1 N–H and O–H groups in total. The van der Waals surface area contributed by atoms with Gasteiger partial charge in [-0.15, -0.1) is 11.3 Å². The summed E-state index contributed by atoms with van der Waals surface area (Å²) in [5.41, 5.74) is 1.30. The van der Waals surface area contributed by atoms with Gasteiger partial charge in [-0.2, -0.15) is 0 Å². The topological polar surface area (TPSA) is 34.1 Å². The fraction of sp³-hybridized carbons (Fsp3) is 0.800. The Bertz CT molecular complexity index is 393. The quantitative estimate of drug-likeness (QED) is 0.863. The third-order valence-corrected chi connectivity index (χ3v) is 4.12. The van der Waals surface area contributed by atoms with Gasteiger partial charge in [0.2, 0.25) is 0 Å². The van der Waals surface area contributed by atoms with Crippen LogP contribution in [-0.4, -0.2) is 19.1 Å². The molecule has 110 valence electrons. The van der Waals surface area contributed by atoms with Gasteiger partial charge in [0.1, 0.15) is 11.1 Å². The summed E-state index contributed by atoms with van der Waals surface area (Å²) in [7, 11) is 3.76. The highest BCUT2D eigenvalue weighted by Gasteiger charge is 2.30. The summed E-state index contributed by atoms with van der Waals surface area (Å²) in [5.74, 6) is 0.626. The van der Waals surface area contributed by atoms with E-state index in [1.165, 1.54) is 10.6 Å². The first-order valence-electron chi connectivity index (χ1n) is 6.95. The average Bonchev–Trinajstić information content (AvgIpc) is 2.60. The summed E-state index contributed by atoms with van der Waals surface area (Å²) in [5, 5.41) is 4.34. The van der Waals surface area contributed by atoms with Crippen LogP contribution in [0.1, 0.15) is 56.3 Å². The first-order valence-corrected chi connectivity index (χ1v) is 7.77. The molecule has 0 radical (unpaired) electrons. The van der Waals surface area contributed by atoms with Gasteiger partial charge < -0.3 is 10.1 Å². The molecule has 0 aliphatic heterocycles. The van der Waals surface area contributed by atoms with Gasteiger partial charge in [-0.25, -0.2) is 4.98 Å². The minimum atomic E-state index is 0.0639. The number of hydrogen-bond donors (Lipinski definition) is 1. The molecule has 3 nitrogen and oxygen atoms in total. The van der Waals surface area contributed by atoms with Crippen LogP contribution in [0.2, 0.25) is 0 Å². The van der Waals surface area contributed by atoms with Crippen molar-refractivity contribution in [2.75, 3.05) is 14.2 Å². The van der Waals surface area contributed by atoms with E-state index in [1.54, 1.807) is 18.4 Å². The summed E-state index contributed by atoms with van der Waals surface area (Å²) in [4.78, 5) is 6.21. The lowest BCUT2D eigenvalue weighted by molar-refractivity contribution is 0.0149. The Morgan fingerprint density at radius 1 is 1.32 bits per heavy atom. The second kappa shape index (κ2) is 6.82. The van der Waals surface area contributed by atoms with Gasteiger partial charge >= 0.3 is 0 Å². The highest BCUT2D eigenvalue weighted by atomic mass is 32.1. The largest absolute Gasteiger partial charge is 0.374 e. The Hall–Kier alpha value is -0.450. The zero-order valence-electron chi connectivity index (χ0n) is 13.3. The molecule has 4 heteroatoms. The van der Waals surface area contributed by atoms with E-state index in [-0.39, 0.29) is 11.5 Å². The summed E-state index contributed by atoms with van der Waals surface area (Å²) in [6, 6.07) is 0. The smallest absolute Gasteiger partial charge is 0.123 e. The van der Waals surface area contributed by atoms with Gasteiger partial charge in [-0.1, -0.05) is 34.6 Å². The summed E-state index contributed by atoms with van der Waals surface area (Å²) >= 11 is 1.79. The van der Waals surface area contributed by atoms with E-state index in [2.05, 4.69) is 39.9 Å². The van der Waals surface area contributed by atoms with Crippen LogP contribution in [-0.2, 0) is 17.7 Å². The van der Waals surface area contributed by atoms with Crippen LogP contribution in [0.4, 0.5) is 0 Å². The molecular weight excluding hydrogens is 256 g/mol. The van der Waals surface area contributed by atoms with Crippen molar-refractivity contribution < 1.29 is 4.74 Å². The van der Waals surface area contributed by atoms with Crippen LogP contribution in [0, 0.1) is 11.3 Å². The third-order valence-electron chi connectivity index (χ3n) is 2.98. The third kappa shape index (κ3) is 4.55. The van der Waals surface area contributed by atoms with Crippen LogP contribution in [0.3, 0.4) is 0 Å². The van der Waals surface area contributed by atoms with Crippen LogP contribution >= 0.6 is 11.3 Å². The monoisotopic (exact) mass is 284 g/mol. The molecule has 0 aliphatic rings. The van der Waals surface area contributed by atoms with E-state index < -0.39 is 0 Å². The molecule has 0 aliphatic carbocycles. The first-order chi connectivity index (χ1) is 8.79. The lowest BCUT2D eigenvalue weighted by Gasteiger charge is -2.27. The molecule has 0 saturated carbocycles. The molecule has 1 atom stereocenters. The average molecular weight is 284 g/mol. The van der Waals surface area contributed by atoms with Gasteiger partial charge in [-0.05, 0) is 24.8 Å². The summed E-state index contributed by atoms with van der Waals surface area (Å²) in [6.45, 7) is 12.0. The Balaban J connectivity index is 3.08. The van der Waals surface area contributed by atoms with E-state index in [1.807, 2.05) is 7.05 Å². The number of aromatic nitrogens is 1. The fourth-order valence-corrected chi connectivity index (χ4v) is 3.61. The van der Waals surface area contributed by atoms with Crippen molar-refractivity contribution in [2.45, 2.75) is 53.7 Å². The zero-order chi connectivity index (χ0) is 14.6. The summed E-state index contributed by atoms with van der Waals surface area (Å²) < 4.78 is 5.68. The van der Waals surface area contributed by atoms with Gasteiger partial charge in [0, 0.05) is 18.5 Å². The molecule has 1 aromatic rings. The molecule has 1 aromatic heterocycles. The lowest BCUT2D eigenvalue weighted by Crippen LogP contribution is -2.20. The summed E-state index contributed by atoms with van der Waals surface area (Å²) in [6.07, 6.45) is 1.10. The number of rotatable bonds is 6. The van der Waals surface area contributed by atoms with Crippen LogP contribution in [0.25, 0.3) is 0 Å². The molecule has 1 rings (SSSR count). The Kier molecular flexibility index (Phi) is 5.96. The van der Waals surface area contributed by atoms with Crippen molar-refractivity contribution in [1.82, 2.24) is 10.3 Å². The second-order valence-corrected chi connectivity index (χ2v) is 7.65. The maximum Gasteiger partial charge on any atom is 0.123 e. The molecule has 1 heterocycles. The van der Waals surface area contributed by atoms with E-state index >= 15 is 0 Å². The standard InChI is InChI=1S/C15H28N2OS/c1-10(2)8-11-12(9-16-6)19-14(17-11)13(18-7)15(3,4)5/h10,13,16H,8-9H2,1-7H3. The molecule has 1 unspecified atom stereocenters. The van der Waals surface area contributed by atoms with Crippen molar-refractivity contribution in [3.05, 3.63) is 15.6 Å². The number of thiazole rings is 1. The number of methoxy groups -OCH3 is 1. The van der Waals surface area contributed by atoms with Gasteiger partial charge in [-0.3, -0.25) is 0 Å². The Morgan fingerprint density at radius 2 is 1.95 bits per heavy atom. The molecule has 0 spiro atoms. The van der Waals surface area contributed by atoms with Crippen molar-refractivity contribution in [3.63, 3.8) is 0 Å². The van der Waals surface area contributed by atoms with Crippen molar-refractivity contribution in [3.8, 4) is 0 Å². The van der Waals surface area contributed by atoms with Crippen molar-refractivity contribution in [2.24, 2.45) is 11.3 Å². The highest BCUT2D eigenvalue weighted by molar-refractivity contribution is 7.11. The van der Waals surface area contributed by atoms with Crippen LogP contribution in [0.15, 0.2) is 0 Å². The maximum atomic E-state index is 5.68. The van der Waals surface area contributed by atoms with E-state index in [9.17, 15) is 0 Å². The molecule has 0 aromatic carbocycles. The van der Waals surface area contributed by atoms with Crippen molar-refractivity contribution in [1.29, 1.82) is 0 Å². The number of nitrogens with zero attached hydrogens (tertiary/aromatic N) is 1. The maximum absolute atomic E-state index is 5.68. The second-order valence-electron chi connectivity index (χ2n) is 6.53. The fourth-order valence-electron chi connectivity index (χ4n) is 2.19. The Morgan fingerprint density at radius 3 is 2.37 bits per heavy atom. The van der Waals surface area contributed by atoms with Crippen molar-refractivity contribution >= 4 is 11.3 Å². The Labute approximate surface area is 121 Å². The molecule has 19 heavy (non-hydrogen) atoms. The van der Waals surface area contributed by atoms with E-state index in [4.69, 9.17) is 9.72 Å². The van der Waals surface area contributed by atoms with Gasteiger partial charge in [0.05, 0.1) is 5.69 Å². The first kappa shape index (κ1) is 16.6. The normalized spacial score (nSPS) is 14.1. The predicted octanol–water partition coefficient (Wildman–Crippen LogP) is 3.79. The minimum Gasteiger partial charge on any atom is -0.374 e. The molecule has 0 bridgehead atoms. The minimum absolute atomic E-state index is 0.0639. The number of ether oxygens (including phenoxy) is 1. The van der Waals surface area contributed by atoms with Crippen LogP contribution in [0.5, 0.6) is 0 Å². The van der Waals surface area contributed by atoms with E-state index in [0.29, 0.717) is 5.92 Å².